The van der Waals surface area contributed by atoms with Crippen molar-refractivity contribution in [3.63, 3.8) is 0 Å². The minimum Gasteiger partial charge on any atom is -0.456 e. The maximum Gasteiger partial charge on any atom is 0.338 e. The first kappa shape index (κ1) is 17.3. The van der Waals surface area contributed by atoms with E-state index in [1.165, 1.54) is 0 Å². The number of rotatable bonds is 4. The fourth-order valence-corrected chi connectivity index (χ4v) is 2.94. The minimum atomic E-state index is -0.476. The number of ether oxygens (including phenoxy) is 1. The van der Waals surface area contributed by atoms with Gasteiger partial charge in [-0.3, -0.25) is 4.98 Å². The maximum atomic E-state index is 12.1. The Balaban J connectivity index is 1.59. The first-order valence-electron chi connectivity index (χ1n) is 8.66. The van der Waals surface area contributed by atoms with Crippen molar-refractivity contribution in [2.45, 2.75) is 38.8 Å². The molecule has 0 bridgehead atoms. The molecular weight excluding hydrogens is 314 g/mol. The largest absolute Gasteiger partial charge is 0.456 e. The number of aromatic nitrogens is 1. The summed E-state index contributed by atoms with van der Waals surface area (Å²) in [7, 11) is 0. The average molecular weight is 339 g/mol. The molecule has 132 valence electrons. The maximum absolute atomic E-state index is 12.1. The molecule has 0 radical (unpaired) electrons. The molecule has 1 aliphatic heterocycles. The topological polar surface area (TPSA) is 54.5 Å². The highest BCUT2D eigenvalue weighted by Gasteiger charge is 2.23. The van der Waals surface area contributed by atoms with E-state index in [-0.39, 0.29) is 5.97 Å². The van der Waals surface area contributed by atoms with Gasteiger partial charge in [-0.25, -0.2) is 4.79 Å². The highest BCUT2D eigenvalue weighted by Crippen LogP contribution is 2.23. The summed E-state index contributed by atoms with van der Waals surface area (Å²) in [5.41, 5.74) is 2.29. The average Bonchev–Trinajstić information content (AvgIpc) is 3.03. The van der Waals surface area contributed by atoms with E-state index in [1.54, 1.807) is 6.20 Å². The molecule has 2 heterocycles. The van der Waals surface area contributed by atoms with E-state index in [0.29, 0.717) is 11.6 Å². The molecule has 2 aromatic rings. The summed E-state index contributed by atoms with van der Waals surface area (Å²) in [6.07, 6.45) is 4.69. The SMILES string of the molecule is CC(C)(C)OC(=O)c1ccc(N2CC[C@H](Nc3cccnc3)C2)cc1. The number of hydrogen-bond acceptors (Lipinski definition) is 5. The van der Waals surface area contributed by atoms with Crippen LogP contribution in [0.15, 0.2) is 48.8 Å². The number of nitrogens with one attached hydrogen (secondary N) is 1. The molecule has 25 heavy (non-hydrogen) atoms. The number of pyridine rings is 1. The molecule has 1 atom stereocenters. The summed E-state index contributed by atoms with van der Waals surface area (Å²) in [5.74, 6) is -0.281. The second-order valence-corrected chi connectivity index (χ2v) is 7.37. The Hall–Kier alpha value is -2.56. The van der Waals surface area contributed by atoms with Crippen molar-refractivity contribution in [2.24, 2.45) is 0 Å². The molecule has 0 unspecified atom stereocenters. The van der Waals surface area contributed by atoms with Gasteiger partial charge in [-0.05, 0) is 63.6 Å². The van der Waals surface area contributed by atoms with Gasteiger partial charge in [0.1, 0.15) is 5.60 Å². The molecule has 5 nitrogen and oxygen atoms in total. The quantitative estimate of drug-likeness (QED) is 0.860. The highest BCUT2D eigenvalue weighted by molar-refractivity contribution is 5.90. The lowest BCUT2D eigenvalue weighted by molar-refractivity contribution is 0.00696. The Morgan fingerprint density at radius 1 is 1.24 bits per heavy atom. The Bertz CT molecular complexity index is 708. The van der Waals surface area contributed by atoms with Crippen LogP contribution in [0.3, 0.4) is 0 Å². The third-order valence-corrected chi connectivity index (χ3v) is 4.09. The van der Waals surface area contributed by atoms with Crippen molar-refractivity contribution in [2.75, 3.05) is 23.3 Å². The smallest absolute Gasteiger partial charge is 0.338 e. The molecule has 1 N–H and O–H groups in total. The van der Waals surface area contributed by atoms with Gasteiger partial charge in [0.15, 0.2) is 0 Å². The van der Waals surface area contributed by atoms with Crippen LogP contribution in [0.4, 0.5) is 11.4 Å². The number of carbonyl (C=O) groups excluding carboxylic acids is 1. The van der Waals surface area contributed by atoms with Crippen LogP contribution < -0.4 is 10.2 Å². The summed E-state index contributed by atoms with van der Waals surface area (Å²) in [6.45, 7) is 7.54. The number of nitrogens with zero attached hydrogens (tertiary/aromatic N) is 2. The summed E-state index contributed by atoms with van der Waals surface area (Å²) in [6, 6.07) is 12.0. The van der Waals surface area contributed by atoms with Gasteiger partial charge in [0.2, 0.25) is 0 Å². The van der Waals surface area contributed by atoms with E-state index in [4.69, 9.17) is 4.74 Å². The second-order valence-electron chi connectivity index (χ2n) is 7.37. The number of esters is 1. The van der Waals surface area contributed by atoms with Gasteiger partial charge in [-0.1, -0.05) is 0 Å². The first-order chi connectivity index (χ1) is 11.9. The van der Waals surface area contributed by atoms with Crippen molar-refractivity contribution in [1.82, 2.24) is 4.98 Å². The molecule has 5 heteroatoms. The Kier molecular flexibility index (Phi) is 4.93. The van der Waals surface area contributed by atoms with E-state index in [9.17, 15) is 4.79 Å². The molecular formula is C20H25N3O2. The molecule has 1 aliphatic rings. The van der Waals surface area contributed by atoms with Crippen molar-refractivity contribution in [3.8, 4) is 0 Å². The molecule has 0 aliphatic carbocycles. The van der Waals surface area contributed by atoms with Crippen LogP contribution in [-0.4, -0.2) is 35.7 Å². The van der Waals surface area contributed by atoms with Crippen LogP contribution >= 0.6 is 0 Å². The highest BCUT2D eigenvalue weighted by atomic mass is 16.6. The van der Waals surface area contributed by atoms with E-state index < -0.39 is 5.60 Å². The Morgan fingerprint density at radius 3 is 2.64 bits per heavy atom. The van der Waals surface area contributed by atoms with Crippen molar-refractivity contribution >= 4 is 17.3 Å². The van der Waals surface area contributed by atoms with E-state index >= 15 is 0 Å². The summed E-state index contributed by atoms with van der Waals surface area (Å²) >= 11 is 0. The van der Waals surface area contributed by atoms with Gasteiger partial charge >= 0.3 is 5.97 Å². The predicted octanol–water partition coefficient (Wildman–Crippen LogP) is 3.73. The van der Waals surface area contributed by atoms with Crippen LogP contribution in [0.2, 0.25) is 0 Å². The molecule has 1 fully saturated rings. The number of hydrogen-bond donors (Lipinski definition) is 1. The van der Waals surface area contributed by atoms with Crippen LogP contribution in [-0.2, 0) is 4.74 Å². The normalized spacial score (nSPS) is 17.4. The van der Waals surface area contributed by atoms with Crippen LogP contribution in [0, 0.1) is 0 Å². The Morgan fingerprint density at radius 2 is 2.00 bits per heavy atom. The molecule has 0 saturated carbocycles. The van der Waals surface area contributed by atoms with Gasteiger partial charge in [0.25, 0.3) is 0 Å². The molecule has 1 aromatic carbocycles. The molecule has 0 spiro atoms. The second kappa shape index (κ2) is 7.13. The Labute approximate surface area is 149 Å². The molecule has 3 rings (SSSR count). The van der Waals surface area contributed by atoms with E-state index in [2.05, 4.69) is 15.2 Å². The number of carbonyl (C=O) groups is 1. The van der Waals surface area contributed by atoms with Gasteiger partial charge in [0, 0.05) is 37.2 Å². The zero-order valence-corrected chi connectivity index (χ0v) is 15.0. The van der Waals surface area contributed by atoms with Crippen LogP contribution in [0.5, 0.6) is 0 Å². The number of anilines is 2. The fourth-order valence-electron chi connectivity index (χ4n) is 2.94. The summed E-state index contributed by atoms with van der Waals surface area (Å²) in [4.78, 5) is 18.6. The molecule has 0 amide bonds. The minimum absolute atomic E-state index is 0.281. The van der Waals surface area contributed by atoms with E-state index in [0.717, 1.165) is 30.9 Å². The van der Waals surface area contributed by atoms with Crippen LogP contribution in [0.1, 0.15) is 37.6 Å². The van der Waals surface area contributed by atoms with Gasteiger partial charge in [-0.15, -0.1) is 0 Å². The first-order valence-corrected chi connectivity index (χ1v) is 8.66. The van der Waals surface area contributed by atoms with Gasteiger partial charge in [-0.2, -0.15) is 0 Å². The lowest BCUT2D eigenvalue weighted by Crippen LogP contribution is -2.26. The monoisotopic (exact) mass is 339 g/mol. The van der Waals surface area contributed by atoms with Crippen molar-refractivity contribution in [3.05, 3.63) is 54.4 Å². The van der Waals surface area contributed by atoms with Gasteiger partial charge in [0.05, 0.1) is 11.3 Å². The third-order valence-electron chi connectivity index (χ3n) is 4.09. The number of benzene rings is 1. The summed E-state index contributed by atoms with van der Waals surface area (Å²) < 4.78 is 5.40. The van der Waals surface area contributed by atoms with E-state index in [1.807, 2.05) is 63.4 Å². The lowest BCUT2D eigenvalue weighted by Gasteiger charge is -2.21. The molecule has 1 saturated heterocycles. The van der Waals surface area contributed by atoms with Crippen LogP contribution in [0.25, 0.3) is 0 Å². The van der Waals surface area contributed by atoms with Crippen molar-refractivity contribution < 1.29 is 9.53 Å². The van der Waals surface area contributed by atoms with Crippen molar-refractivity contribution in [1.29, 1.82) is 0 Å². The summed E-state index contributed by atoms with van der Waals surface area (Å²) in [5, 5.41) is 3.52. The predicted molar refractivity (Wildman–Crippen MR) is 100 cm³/mol. The molecule has 1 aromatic heterocycles. The zero-order chi connectivity index (χ0) is 17.9. The third kappa shape index (κ3) is 4.72. The zero-order valence-electron chi connectivity index (χ0n) is 15.0. The standard InChI is InChI=1S/C20H25N3O2/c1-20(2,3)25-19(24)15-6-8-18(9-7-15)23-12-10-17(14-23)22-16-5-4-11-21-13-16/h4-9,11,13,17,22H,10,12,14H2,1-3H3/t17-/m0/s1. The lowest BCUT2D eigenvalue weighted by atomic mass is 10.1. The fraction of sp³-hybridized carbons (Fsp3) is 0.400. The van der Waals surface area contributed by atoms with Gasteiger partial charge < -0.3 is 15.0 Å².